The van der Waals surface area contributed by atoms with Crippen molar-refractivity contribution in [1.29, 1.82) is 0 Å². The van der Waals surface area contributed by atoms with Crippen LogP contribution in [0.3, 0.4) is 0 Å². The number of anilines is 2. The number of methoxy groups -OCH3 is 1. The Kier molecular flexibility index (Phi) is 5.94. The van der Waals surface area contributed by atoms with E-state index in [9.17, 15) is 5.11 Å². The highest BCUT2D eigenvalue weighted by molar-refractivity contribution is 5.59. The summed E-state index contributed by atoms with van der Waals surface area (Å²) in [6.07, 6.45) is 0.884. The third kappa shape index (κ3) is 4.02. The van der Waals surface area contributed by atoms with Gasteiger partial charge in [0.05, 0.1) is 12.7 Å². The topological polar surface area (TPSA) is 96.5 Å². The second kappa shape index (κ2) is 7.22. The lowest BCUT2D eigenvalue weighted by molar-refractivity contribution is 0.0694. The average molecular weight is 269 g/mol. The van der Waals surface area contributed by atoms with E-state index >= 15 is 0 Å². The van der Waals surface area contributed by atoms with Crippen molar-refractivity contribution in [3.05, 3.63) is 11.9 Å². The zero-order valence-electron chi connectivity index (χ0n) is 11.9. The number of nitrogens with two attached hydrogens (primary N) is 1. The molecule has 1 atom stereocenters. The molecule has 0 aliphatic heterocycles. The van der Waals surface area contributed by atoms with Gasteiger partial charge in [0.15, 0.2) is 0 Å². The largest absolute Gasteiger partial charge is 0.389 e. The van der Waals surface area contributed by atoms with Crippen LogP contribution in [-0.4, -0.2) is 48.5 Å². The lowest BCUT2D eigenvalue weighted by atomic mass is 10.0. The van der Waals surface area contributed by atoms with Gasteiger partial charge in [-0.3, -0.25) is 0 Å². The van der Waals surface area contributed by atoms with Crippen molar-refractivity contribution in [2.24, 2.45) is 5.84 Å². The summed E-state index contributed by atoms with van der Waals surface area (Å²) in [6.45, 7) is 4.80. The molecule has 1 aromatic heterocycles. The van der Waals surface area contributed by atoms with Gasteiger partial charge >= 0.3 is 0 Å². The van der Waals surface area contributed by atoms with E-state index in [-0.39, 0.29) is 12.5 Å². The second-order valence-corrected chi connectivity index (χ2v) is 4.75. The summed E-state index contributed by atoms with van der Waals surface area (Å²) in [6, 6.07) is 0. The molecule has 0 spiro atoms. The molecule has 1 unspecified atom stereocenters. The molecular formula is C12H23N5O2. The van der Waals surface area contributed by atoms with Gasteiger partial charge in [-0.15, -0.1) is 0 Å². The zero-order valence-corrected chi connectivity index (χ0v) is 11.9. The molecule has 4 N–H and O–H groups in total. The summed E-state index contributed by atoms with van der Waals surface area (Å²) < 4.78 is 4.92. The maximum Gasteiger partial charge on any atom is 0.148 e. The number of nitrogen functional groups attached to an aromatic ring is 1. The summed E-state index contributed by atoms with van der Waals surface area (Å²) >= 11 is 0. The molecule has 0 aromatic carbocycles. The fourth-order valence-corrected chi connectivity index (χ4v) is 1.98. The monoisotopic (exact) mass is 269 g/mol. The van der Waals surface area contributed by atoms with Gasteiger partial charge in [0, 0.05) is 26.3 Å². The van der Waals surface area contributed by atoms with Crippen LogP contribution in [0.2, 0.25) is 0 Å². The van der Waals surface area contributed by atoms with Crippen LogP contribution in [0.25, 0.3) is 0 Å². The van der Waals surface area contributed by atoms with Gasteiger partial charge in [-0.25, -0.2) is 15.8 Å². The smallest absolute Gasteiger partial charge is 0.148 e. The summed E-state index contributed by atoms with van der Waals surface area (Å²) in [5.41, 5.74) is 3.51. The van der Waals surface area contributed by atoms with Crippen LogP contribution in [0.1, 0.15) is 25.3 Å². The van der Waals surface area contributed by atoms with E-state index in [1.165, 1.54) is 6.33 Å². The maximum absolute atomic E-state index is 9.79. The van der Waals surface area contributed by atoms with E-state index in [1.54, 1.807) is 7.11 Å². The minimum Gasteiger partial charge on any atom is -0.389 e. The highest BCUT2D eigenvalue weighted by Gasteiger charge is 2.19. The fourth-order valence-electron chi connectivity index (χ4n) is 1.98. The molecule has 1 aromatic rings. The van der Waals surface area contributed by atoms with Crippen molar-refractivity contribution in [2.75, 3.05) is 37.6 Å². The molecule has 0 bridgehead atoms. The highest BCUT2D eigenvalue weighted by Crippen LogP contribution is 2.29. The van der Waals surface area contributed by atoms with Crippen LogP contribution < -0.4 is 16.2 Å². The normalized spacial score (nSPS) is 12.6. The third-order valence-corrected chi connectivity index (χ3v) is 2.78. The number of ether oxygens (including phenoxy) is 1. The van der Waals surface area contributed by atoms with Crippen LogP contribution in [0.4, 0.5) is 11.6 Å². The van der Waals surface area contributed by atoms with Gasteiger partial charge in [-0.2, -0.15) is 0 Å². The van der Waals surface area contributed by atoms with Crippen LogP contribution in [0.15, 0.2) is 6.33 Å². The van der Waals surface area contributed by atoms with Gasteiger partial charge in [-0.05, 0) is 5.92 Å². The summed E-state index contributed by atoms with van der Waals surface area (Å²) in [5, 5.41) is 9.79. The van der Waals surface area contributed by atoms with E-state index in [0.717, 1.165) is 11.4 Å². The average Bonchev–Trinajstić information content (AvgIpc) is 2.37. The molecule has 1 rings (SSSR count). The molecule has 19 heavy (non-hydrogen) atoms. The Morgan fingerprint density at radius 1 is 1.47 bits per heavy atom. The molecule has 0 aliphatic carbocycles. The number of hydrogen-bond acceptors (Lipinski definition) is 7. The van der Waals surface area contributed by atoms with Crippen molar-refractivity contribution in [3.8, 4) is 0 Å². The molecule has 1 heterocycles. The van der Waals surface area contributed by atoms with Gasteiger partial charge in [-0.1, -0.05) is 13.8 Å². The summed E-state index contributed by atoms with van der Waals surface area (Å²) in [5.74, 6) is 7.05. The van der Waals surface area contributed by atoms with E-state index in [4.69, 9.17) is 10.6 Å². The predicted molar refractivity (Wildman–Crippen MR) is 75.1 cm³/mol. The first-order valence-corrected chi connectivity index (χ1v) is 6.20. The van der Waals surface area contributed by atoms with Crippen LogP contribution >= 0.6 is 0 Å². The third-order valence-electron chi connectivity index (χ3n) is 2.78. The quantitative estimate of drug-likeness (QED) is 0.485. The molecule has 0 saturated heterocycles. The van der Waals surface area contributed by atoms with Gasteiger partial charge in [0.1, 0.15) is 18.0 Å². The van der Waals surface area contributed by atoms with Gasteiger partial charge in [0.2, 0.25) is 0 Å². The number of hydrogen-bond donors (Lipinski definition) is 3. The Labute approximate surface area is 113 Å². The molecule has 7 heteroatoms. The van der Waals surface area contributed by atoms with Crippen molar-refractivity contribution >= 4 is 11.6 Å². The zero-order chi connectivity index (χ0) is 14.4. The van der Waals surface area contributed by atoms with Crippen molar-refractivity contribution in [2.45, 2.75) is 25.9 Å². The number of aromatic nitrogens is 2. The molecule has 0 radical (unpaired) electrons. The number of aliphatic hydroxyl groups is 1. The molecule has 0 saturated carbocycles. The number of hydrazine groups is 1. The van der Waals surface area contributed by atoms with Gasteiger partial charge in [0.25, 0.3) is 0 Å². The number of likely N-dealkylation sites (N-methyl/N-ethyl adjacent to an activating group) is 1. The van der Waals surface area contributed by atoms with Crippen molar-refractivity contribution < 1.29 is 9.84 Å². The Morgan fingerprint density at radius 2 is 2.16 bits per heavy atom. The second-order valence-electron chi connectivity index (χ2n) is 4.75. The fraction of sp³-hybridized carbons (Fsp3) is 0.667. The van der Waals surface area contributed by atoms with Crippen LogP contribution in [-0.2, 0) is 4.74 Å². The maximum atomic E-state index is 9.79. The minimum absolute atomic E-state index is 0.212. The first kappa shape index (κ1) is 15.6. The first-order chi connectivity index (χ1) is 9.01. The number of aliphatic hydroxyl groups excluding tert-OH is 1. The van der Waals surface area contributed by atoms with Crippen LogP contribution in [0, 0.1) is 0 Å². The van der Waals surface area contributed by atoms with Crippen LogP contribution in [0.5, 0.6) is 0 Å². The Morgan fingerprint density at radius 3 is 2.68 bits per heavy atom. The molecule has 0 amide bonds. The molecule has 108 valence electrons. The lowest BCUT2D eigenvalue weighted by Crippen LogP contribution is -2.33. The number of rotatable bonds is 7. The molecule has 7 nitrogen and oxygen atoms in total. The molecular weight excluding hydrogens is 246 g/mol. The lowest BCUT2D eigenvalue weighted by Gasteiger charge is -2.25. The first-order valence-electron chi connectivity index (χ1n) is 6.20. The Balaban J connectivity index is 2.98. The Hall–Kier alpha value is -1.44. The van der Waals surface area contributed by atoms with Gasteiger partial charge < -0.3 is 20.2 Å². The van der Waals surface area contributed by atoms with E-state index in [0.29, 0.717) is 12.4 Å². The SMILES string of the molecule is COCC(O)CN(C)c1ncnc(NN)c1C(C)C. The number of nitrogens with zero attached hydrogens (tertiary/aromatic N) is 3. The Bertz CT molecular complexity index is 400. The van der Waals surface area contributed by atoms with E-state index in [1.807, 2.05) is 25.8 Å². The van der Waals surface area contributed by atoms with Crippen molar-refractivity contribution in [3.63, 3.8) is 0 Å². The molecule has 0 aliphatic rings. The van der Waals surface area contributed by atoms with Crippen molar-refractivity contribution in [1.82, 2.24) is 9.97 Å². The van der Waals surface area contributed by atoms with E-state index < -0.39 is 6.10 Å². The van der Waals surface area contributed by atoms with E-state index in [2.05, 4.69) is 15.4 Å². The minimum atomic E-state index is -0.570. The summed E-state index contributed by atoms with van der Waals surface area (Å²) in [4.78, 5) is 10.3. The predicted octanol–water partition coefficient (Wildman–Crippen LogP) is 0.329. The summed E-state index contributed by atoms with van der Waals surface area (Å²) in [7, 11) is 3.43. The number of nitrogens with one attached hydrogen (secondary N) is 1. The molecule has 0 fully saturated rings. The standard InChI is InChI=1S/C12H23N5O2/c1-8(2)10-11(16-13)14-7-15-12(10)17(3)5-9(18)6-19-4/h7-9,18H,5-6,13H2,1-4H3,(H,14,15,16). The highest BCUT2D eigenvalue weighted by atomic mass is 16.5.